The molecule has 1 aliphatic rings. The molecule has 3 unspecified atom stereocenters. The molecule has 3 atom stereocenters. The van der Waals surface area contributed by atoms with Crippen LogP contribution in [0.2, 0.25) is 0 Å². The van der Waals surface area contributed by atoms with Gasteiger partial charge in [0.25, 0.3) is 0 Å². The van der Waals surface area contributed by atoms with Crippen LogP contribution in [0.1, 0.15) is 46.0 Å². The number of aliphatic hydroxyl groups excluding tert-OH is 1. The highest BCUT2D eigenvalue weighted by Gasteiger charge is 2.19. The Bertz CT molecular complexity index is 128. The predicted molar refractivity (Wildman–Crippen MR) is 53.7 cm³/mol. The van der Waals surface area contributed by atoms with E-state index >= 15 is 0 Å². The lowest BCUT2D eigenvalue weighted by Gasteiger charge is -2.19. The Hall–Kier alpha value is -0.0800. The summed E-state index contributed by atoms with van der Waals surface area (Å²) in [6, 6.07) is 0. The third-order valence-corrected chi connectivity index (χ3v) is 3.09. The van der Waals surface area contributed by atoms with E-state index in [2.05, 4.69) is 6.92 Å². The van der Waals surface area contributed by atoms with Gasteiger partial charge in [0.1, 0.15) is 0 Å². The van der Waals surface area contributed by atoms with E-state index in [0.717, 1.165) is 25.9 Å². The van der Waals surface area contributed by atoms with Crippen LogP contribution < -0.4 is 0 Å². The lowest BCUT2D eigenvalue weighted by molar-refractivity contribution is 0.0759. The number of hydrogen-bond donors (Lipinski definition) is 1. The van der Waals surface area contributed by atoms with Crippen LogP contribution in [0.5, 0.6) is 0 Å². The van der Waals surface area contributed by atoms with Crippen molar-refractivity contribution in [2.45, 2.75) is 58.2 Å². The van der Waals surface area contributed by atoms with Gasteiger partial charge in [-0.1, -0.05) is 13.3 Å². The highest BCUT2D eigenvalue weighted by Crippen LogP contribution is 2.22. The summed E-state index contributed by atoms with van der Waals surface area (Å²) < 4.78 is 5.55. The van der Waals surface area contributed by atoms with Crippen molar-refractivity contribution in [1.29, 1.82) is 0 Å². The van der Waals surface area contributed by atoms with E-state index < -0.39 is 0 Å². The van der Waals surface area contributed by atoms with Gasteiger partial charge in [0, 0.05) is 6.61 Å². The normalized spacial score (nSPS) is 27.5. The van der Waals surface area contributed by atoms with Gasteiger partial charge >= 0.3 is 0 Å². The van der Waals surface area contributed by atoms with Crippen LogP contribution in [0.25, 0.3) is 0 Å². The van der Waals surface area contributed by atoms with Gasteiger partial charge in [0.05, 0.1) is 12.2 Å². The lowest BCUT2D eigenvalue weighted by atomic mass is 9.93. The van der Waals surface area contributed by atoms with E-state index in [4.69, 9.17) is 4.74 Å². The number of ether oxygens (including phenoxy) is 1. The molecule has 0 radical (unpaired) electrons. The maximum Gasteiger partial charge on any atom is 0.0576 e. The second-order valence-electron chi connectivity index (χ2n) is 4.12. The van der Waals surface area contributed by atoms with Crippen molar-refractivity contribution in [1.82, 2.24) is 0 Å². The van der Waals surface area contributed by atoms with Gasteiger partial charge in [0.15, 0.2) is 0 Å². The van der Waals surface area contributed by atoms with Crippen LogP contribution in [-0.4, -0.2) is 23.9 Å². The molecule has 0 saturated carbocycles. The molecule has 1 saturated heterocycles. The Morgan fingerprint density at radius 2 is 2.31 bits per heavy atom. The molecule has 0 aromatic rings. The van der Waals surface area contributed by atoms with Crippen molar-refractivity contribution in [3.63, 3.8) is 0 Å². The number of rotatable bonds is 5. The zero-order valence-electron chi connectivity index (χ0n) is 8.83. The van der Waals surface area contributed by atoms with E-state index in [0.29, 0.717) is 12.0 Å². The van der Waals surface area contributed by atoms with Gasteiger partial charge in [-0.25, -0.2) is 0 Å². The van der Waals surface area contributed by atoms with E-state index in [9.17, 15) is 5.11 Å². The average molecular weight is 186 g/mol. The molecule has 0 aliphatic carbocycles. The molecule has 1 aliphatic heterocycles. The second-order valence-corrected chi connectivity index (χ2v) is 4.12. The van der Waals surface area contributed by atoms with Crippen molar-refractivity contribution >= 4 is 0 Å². The summed E-state index contributed by atoms with van der Waals surface area (Å²) >= 11 is 0. The highest BCUT2D eigenvalue weighted by molar-refractivity contribution is 4.69. The van der Waals surface area contributed by atoms with Crippen LogP contribution >= 0.6 is 0 Å². The Labute approximate surface area is 81.3 Å². The van der Waals surface area contributed by atoms with E-state index in [-0.39, 0.29) is 6.10 Å². The minimum atomic E-state index is -0.161. The van der Waals surface area contributed by atoms with E-state index in [1.54, 1.807) is 0 Å². The van der Waals surface area contributed by atoms with Gasteiger partial charge in [-0.15, -0.1) is 0 Å². The van der Waals surface area contributed by atoms with Crippen LogP contribution in [-0.2, 0) is 4.74 Å². The minimum absolute atomic E-state index is 0.161. The van der Waals surface area contributed by atoms with E-state index in [1.165, 1.54) is 12.8 Å². The summed E-state index contributed by atoms with van der Waals surface area (Å²) in [4.78, 5) is 0. The Balaban J connectivity index is 2.15. The third-order valence-electron chi connectivity index (χ3n) is 3.09. The fourth-order valence-corrected chi connectivity index (χ4v) is 2.06. The van der Waals surface area contributed by atoms with Gasteiger partial charge in [-0.3, -0.25) is 0 Å². The highest BCUT2D eigenvalue weighted by atomic mass is 16.5. The molecule has 0 aromatic carbocycles. The molecule has 1 N–H and O–H groups in total. The van der Waals surface area contributed by atoms with Gasteiger partial charge in [-0.2, -0.15) is 0 Å². The summed E-state index contributed by atoms with van der Waals surface area (Å²) in [6.45, 7) is 4.98. The second kappa shape index (κ2) is 5.61. The molecule has 0 spiro atoms. The first-order valence-electron chi connectivity index (χ1n) is 5.53. The van der Waals surface area contributed by atoms with Gasteiger partial charge < -0.3 is 9.84 Å². The molecule has 0 bridgehead atoms. The summed E-state index contributed by atoms with van der Waals surface area (Å²) in [5.74, 6) is 0.462. The fraction of sp³-hybridized carbons (Fsp3) is 1.00. The molecule has 0 aromatic heterocycles. The molecular weight excluding hydrogens is 164 g/mol. The van der Waals surface area contributed by atoms with Crippen molar-refractivity contribution in [2.24, 2.45) is 5.92 Å². The maximum absolute atomic E-state index is 9.45. The first kappa shape index (κ1) is 11.0. The Kier molecular flexibility index (Phi) is 4.74. The molecular formula is C11H22O2. The van der Waals surface area contributed by atoms with Crippen molar-refractivity contribution in [2.75, 3.05) is 6.61 Å². The summed E-state index contributed by atoms with van der Waals surface area (Å²) in [5.41, 5.74) is 0. The quantitative estimate of drug-likeness (QED) is 0.714. The van der Waals surface area contributed by atoms with Crippen LogP contribution in [0.15, 0.2) is 0 Å². The monoisotopic (exact) mass is 186 g/mol. The standard InChI is InChI=1S/C11H22O2/c1-3-10(9(2)12)6-7-11-5-4-8-13-11/h9-12H,3-8H2,1-2H3. The number of aliphatic hydroxyl groups is 1. The van der Waals surface area contributed by atoms with Crippen LogP contribution in [0, 0.1) is 5.92 Å². The first-order valence-corrected chi connectivity index (χ1v) is 5.53. The average Bonchev–Trinajstić information content (AvgIpc) is 2.57. The zero-order chi connectivity index (χ0) is 9.68. The van der Waals surface area contributed by atoms with Gasteiger partial charge in [-0.05, 0) is 38.5 Å². The maximum atomic E-state index is 9.45. The molecule has 2 heteroatoms. The summed E-state index contributed by atoms with van der Waals surface area (Å²) in [5, 5.41) is 9.45. The topological polar surface area (TPSA) is 29.5 Å². The molecule has 13 heavy (non-hydrogen) atoms. The van der Waals surface area contributed by atoms with Crippen molar-refractivity contribution in [3.8, 4) is 0 Å². The summed E-state index contributed by atoms with van der Waals surface area (Å²) in [7, 11) is 0. The van der Waals surface area contributed by atoms with Crippen LogP contribution in [0.3, 0.4) is 0 Å². The molecule has 1 heterocycles. The molecule has 1 fully saturated rings. The zero-order valence-corrected chi connectivity index (χ0v) is 8.83. The smallest absolute Gasteiger partial charge is 0.0576 e. The molecule has 1 rings (SSSR count). The fourth-order valence-electron chi connectivity index (χ4n) is 2.06. The lowest BCUT2D eigenvalue weighted by Crippen LogP contribution is -2.18. The third kappa shape index (κ3) is 3.65. The van der Waals surface area contributed by atoms with Crippen LogP contribution in [0.4, 0.5) is 0 Å². The molecule has 78 valence electrons. The molecule has 2 nitrogen and oxygen atoms in total. The Morgan fingerprint density at radius 3 is 2.77 bits per heavy atom. The first-order chi connectivity index (χ1) is 6.24. The SMILES string of the molecule is CCC(CCC1CCCO1)C(C)O. The minimum Gasteiger partial charge on any atom is -0.393 e. The largest absolute Gasteiger partial charge is 0.393 e. The Morgan fingerprint density at radius 1 is 1.54 bits per heavy atom. The predicted octanol–water partition coefficient (Wildman–Crippen LogP) is 2.35. The summed E-state index contributed by atoms with van der Waals surface area (Å²) in [6.07, 6.45) is 6.07. The van der Waals surface area contributed by atoms with Gasteiger partial charge in [0.2, 0.25) is 0 Å². The molecule has 0 amide bonds. The van der Waals surface area contributed by atoms with E-state index in [1.807, 2.05) is 6.92 Å². The number of hydrogen-bond acceptors (Lipinski definition) is 2. The van der Waals surface area contributed by atoms with Crippen molar-refractivity contribution in [3.05, 3.63) is 0 Å². The van der Waals surface area contributed by atoms with Crippen molar-refractivity contribution < 1.29 is 9.84 Å².